The van der Waals surface area contributed by atoms with Crippen molar-refractivity contribution in [3.63, 3.8) is 0 Å². The van der Waals surface area contributed by atoms with E-state index in [-0.39, 0.29) is 11.9 Å². The smallest absolute Gasteiger partial charge is 0.256 e. The number of aliphatic hydroxyl groups excluding tert-OH is 1. The van der Waals surface area contributed by atoms with Crippen LogP contribution in [0, 0.1) is 0 Å². The van der Waals surface area contributed by atoms with Crippen LogP contribution in [0.5, 0.6) is 5.75 Å². The van der Waals surface area contributed by atoms with Crippen molar-refractivity contribution in [3.8, 4) is 5.75 Å². The zero-order chi connectivity index (χ0) is 13.0. The van der Waals surface area contributed by atoms with E-state index in [9.17, 15) is 9.90 Å². The zero-order valence-corrected chi connectivity index (χ0v) is 10.7. The molecular weight excluding hydrogens is 218 g/mol. The summed E-state index contributed by atoms with van der Waals surface area (Å²) in [4.78, 5) is 13.6. The summed E-state index contributed by atoms with van der Waals surface area (Å²) in [5, 5.41) is 9.60. The normalized spacial score (nSPS) is 12.4. The van der Waals surface area contributed by atoms with Crippen molar-refractivity contribution in [2.45, 2.75) is 33.0 Å². The zero-order valence-electron chi connectivity index (χ0n) is 10.7. The summed E-state index contributed by atoms with van der Waals surface area (Å²) in [6.07, 6.45) is -0.801. The molecule has 94 valence electrons. The van der Waals surface area contributed by atoms with Crippen molar-refractivity contribution in [3.05, 3.63) is 29.8 Å². The van der Waals surface area contributed by atoms with Crippen LogP contribution in [-0.4, -0.2) is 35.3 Å². The lowest BCUT2D eigenvalue weighted by atomic mass is 10.1. The van der Waals surface area contributed by atoms with Crippen molar-refractivity contribution in [1.29, 1.82) is 0 Å². The topological polar surface area (TPSA) is 49.8 Å². The van der Waals surface area contributed by atoms with Gasteiger partial charge in [-0.05, 0) is 45.0 Å². The van der Waals surface area contributed by atoms with Gasteiger partial charge in [0.15, 0.2) is 0 Å². The monoisotopic (exact) mass is 237 g/mol. The summed E-state index contributed by atoms with van der Waals surface area (Å²) in [7, 11) is 1.58. The first kappa shape index (κ1) is 13.5. The summed E-state index contributed by atoms with van der Waals surface area (Å²) in [5.74, 6) is 0.521. The predicted octanol–water partition coefficient (Wildman–Crippen LogP) is 1.88. The van der Waals surface area contributed by atoms with Crippen LogP contribution < -0.4 is 4.74 Å². The number of hydrogen-bond acceptors (Lipinski definition) is 3. The Hall–Kier alpha value is -1.55. The maximum atomic E-state index is 12.2. The van der Waals surface area contributed by atoms with E-state index in [0.29, 0.717) is 11.3 Å². The number of methoxy groups -OCH3 is 1. The lowest BCUT2D eigenvalue weighted by Gasteiger charge is -2.29. The van der Waals surface area contributed by atoms with Crippen LogP contribution in [0.4, 0.5) is 0 Å². The van der Waals surface area contributed by atoms with Gasteiger partial charge < -0.3 is 14.7 Å². The Labute approximate surface area is 102 Å². The molecule has 0 saturated carbocycles. The third-order valence-electron chi connectivity index (χ3n) is 2.53. The van der Waals surface area contributed by atoms with Gasteiger partial charge in [-0.25, -0.2) is 0 Å². The minimum atomic E-state index is -0.801. The Morgan fingerprint density at radius 1 is 1.24 bits per heavy atom. The molecule has 1 amide bonds. The summed E-state index contributed by atoms with van der Waals surface area (Å²) in [5.41, 5.74) is 0.542. The van der Waals surface area contributed by atoms with E-state index in [4.69, 9.17) is 4.74 Å². The summed E-state index contributed by atoms with van der Waals surface area (Å²) >= 11 is 0. The highest BCUT2D eigenvalue weighted by Crippen LogP contribution is 2.15. The molecule has 0 aliphatic rings. The summed E-state index contributed by atoms with van der Waals surface area (Å²) in [6, 6.07) is 6.80. The van der Waals surface area contributed by atoms with Gasteiger partial charge in [0.2, 0.25) is 0 Å². The highest BCUT2D eigenvalue weighted by atomic mass is 16.5. The Balaban J connectivity index is 2.93. The van der Waals surface area contributed by atoms with E-state index in [2.05, 4.69) is 0 Å². The fourth-order valence-electron chi connectivity index (χ4n) is 1.72. The standard InChI is InChI=1S/C13H19NO3/c1-9(2)14(10(3)15)13(16)11-5-7-12(17-4)8-6-11/h5-10,15H,1-4H3. The molecule has 0 bridgehead atoms. The lowest BCUT2D eigenvalue weighted by molar-refractivity contribution is 0.00417. The van der Waals surface area contributed by atoms with Gasteiger partial charge in [-0.2, -0.15) is 0 Å². The van der Waals surface area contributed by atoms with Gasteiger partial charge in [-0.3, -0.25) is 4.79 Å². The van der Waals surface area contributed by atoms with Crippen molar-refractivity contribution < 1.29 is 14.6 Å². The summed E-state index contributed by atoms with van der Waals surface area (Å²) < 4.78 is 5.03. The number of carbonyl (C=O) groups excluding carboxylic acids is 1. The van der Waals surface area contributed by atoms with Gasteiger partial charge in [-0.15, -0.1) is 0 Å². The molecule has 1 unspecified atom stereocenters. The predicted molar refractivity (Wildman–Crippen MR) is 66.0 cm³/mol. The number of carbonyl (C=O) groups is 1. The van der Waals surface area contributed by atoms with Crippen LogP contribution in [0.3, 0.4) is 0 Å². The fourth-order valence-corrected chi connectivity index (χ4v) is 1.72. The molecule has 0 aromatic heterocycles. The minimum absolute atomic E-state index is 0.0513. The largest absolute Gasteiger partial charge is 0.497 e. The molecule has 0 aliphatic carbocycles. The van der Waals surface area contributed by atoms with Crippen LogP contribution in [0.15, 0.2) is 24.3 Å². The number of amides is 1. The molecule has 1 aromatic carbocycles. The minimum Gasteiger partial charge on any atom is -0.497 e. The van der Waals surface area contributed by atoms with Crippen molar-refractivity contribution in [2.24, 2.45) is 0 Å². The van der Waals surface area contributed by atoms with Crippen molar-refractivity contribution in [1.82, 2.24) is 4.90 Å². The third kappa shape index (κ3) is 3.20. The van der Waals surface area contributed by atoms with E-state index in [1.54, 1.807) is 38.3 Å². The molecule has 1 aromatic rings. The highest BCUT2D eigenvalue weighted by Gasteiger charge is 2.22. The molecule has 0 radical (unpaired) electrons. The van der Waals surface area contributed by atoms with Gasteiger partial charge in [0.1, 0.15) is 12.0 Å². The molecule has 4 heteroatoms. The highest BCUT2D eigenvalue weighted by molar-refractivity contribution is 5.94. The van der Waals surface area contributed by atoms with Gasteiger partial charge in [-0.1, -0.05) is 0 Å². The molecule has 1 rings (SSSR count). The Morgan fingerprint density at radius 2 is 1.76 bits per heavy atom. The molecule has 0 aliphatic heterocycles. The quantitative estimate of drug-likeness (QED) is 0.813. The molecule has 0 heterocycles. The number of benzene rings is 1. The first-order valence-electron chi connectivity index (χ1n) is 5.62. The second-order valence-corrected chi connectivity index (χ2v) is 4.17. The van der Waals surface area contributed by atoms with E-state index in [1.165, 1.54) is 4.90 Å². The van der Waals surface area contributed by atoms with Crippen molar-refractivity contribution >= 4 is 5.91 Å². The fraction of sp³-hybridized carbons (Fsp3) is 0.462. The van der Waals surface area contributed by atoms with Crippen LogP contribution in [0.2, 0.25) is 0 Å². The van der Waals surface area contributed by atoms with Gasteiger partial charge >= 0.3 is 0 Å². The lowest BCUT2D eigenvalue weighted by Crippen LogP contribution is -2.43. The average molecular weight is 237 g/mol. The SMILES string of the molecule is COc1ccc(C(=O)N(C(C)C)C(C)O)cc1. The van der Waals surface area contributed by atoms with Crippen molar-refractivity contribution in [2.75, 3.05) is 7.11 Å². The van der Waals surface area contributed by atoms with Gasteiger partial charge in [0, 0.05) is 11.6 Å². The van der Waals surface area contributed by atoms with Crippen LogP contribution >= 0.6 is 0 Å². The molecular formula is C13H19NO3. The number of ether oxygens (including phenoxy) is 1. The first-order valence-corrected chi connectivity index (χ1v) is 5.62. The van der Waals surface area contributed by atoms with E-state index in [0.717, 1.165) is 0 Å². The average Bonchev–Trinajstić information content (AvgIpc) is 2.28. The number of rotatable bonds is 4. The van der Waals surface area contributed by atoms with Crippen LogP contribution in [-0.2, 0) is 0 Å². The third-order valence-corrected chi connectivity index (χ3v) is 2.53. The Morgan fingerprint density at radius 3 is 2.12 bits per heavy atom. The maximum Gasteiger partial charge on any atom is 0.256 e. The Kier molecular flexibility index (Phi) is 4.52. The second-order valence-electron chi connectivity index (χ2n) is 4.17. The van der Waals surface area contributed by atoms with Crippen LogP contribution in [0.1, 0.15) is 31.1 Å². The van der Waals surface area contributed by atoms with Gasteiger partial charge in [0.05, 0.1) is 7.11 Å². The molecule has 0 saturated heterocycles. The Bertz CT molecular complexity index is 363. The second kappa shape index (κ2) is 5.68. The molecule has 17 heavy (non-hydrogen) atoms. The van der Waals surface area contributed by atoms with E-state index >= 15 is 0 Å². The maximum absolute atomic E-state index is 12.2. The number of aliphatic hydroxyl groups is 1. The van der Waals surface area contributed by atoms with Crippen LogP contribution in [0.25, 0.3) is 0 Å². The van der Waals surface area contributed by atoms with Gasteiger partial charge in [0.25, 0.3) is 5.91 Å². The molecule has 1 N–H and O–H groups in total. The first-order chi connectivity index (χ1) is 7.97. The molecule has 0 fully saturated rings. The summed E-state index contributed by atoms with van der Waals surface area (Å²) in [6.45, 7) is 5.32. The molecule has 4 nitrogen and oxygen atoms in total. The van der Waals surface area contributed by atoms with E-state index < -0.39 is 6.23 Å². The van der Waals surface area contributed by atoms with E-state index in [1.807, 2.05) is 13.8 Å². The number of hydrogen-bond donors (Lipinski definition) is 1. The molecule has 1 atom stereocenters. The molecule has 0 spiro atoms. The number of nitrogens with zero attached hydrogens (tertiary/aromatic N) is 1.